The number of imidazole rings is 1. The van der Waals surface area contributed by atoms with Crippen LogP contribution in [0.1, 0.15) is 6.92 Å². The minimum Gasteiger partial charge on any atom is -0.479 e. The van der Waals surface area contributed by atoms with Crippen LogP contribution in [0.4, 0.5) is 5.69 Å². The molecule has 5 nitrogen and oxygen atoms in total. The van der Waals surface area contributed by atoms with E-state index in [4.69, 9.17) is 16.3 Å². The molecule has 27 heavy (non-hydrogen) atoms. The fourth-order valence-corrected chi connectivity index (χ4v) is 4.00. The van der Waals surface area contributed by atoms with Crippen molar-refractivity contribution in [3.05, 3.63) is 59.8 Å². The Bertz CT molecular complexity index is 967. The maximum Gasteiger partial charge on any atom is 0.265 e. The van der Waals surface area contributed by atoms with E-state index in [1.807, 2.05) is 42.6 Å². The van der Waals surface area contributed by atoms with Crippen LogP contribution in [0.15, 0.2) is 59.9 Å². The molecule has 1 unspecified atom stereocenters. The van der Waals surface area contributed by atoms with E-state index in [1.54, 1.807) is 30.8 Å². The van der Waals surface area contributed by atoms with Crippen molar-refractivity contribution >= 4 is 35.0 Å². The Morgan fingerprint density at radius 1 is 1.26 bits per heavy atom. The van der Waals surface area contributed by atoms with Crippen LogP contribution in [0.5, 0.6) is 5.75 Å². The fraction of sp³-hybridized carbons (Fsp3) is 0.200. The number of nitrogens with zero attached hydrogens (tertiary/aromatic N) is 2. The molecule has 0 fully saturated rings. The van der Waals surface area contributed by atoms with Gasteiger partial charge in [0.25, 0.3) is 5.91 Å². The molecule has 7 heteroatoms. The number of rotatable bonds is 5. The summed E-state index contributed by atoms with van der Waals surface area (Å²) in [6, 6.07) is 14.7. The maximum absolute atomic E-state index is 12.6. The summed E-state index contributed by atoms with van der Waals surface area (Å²) in [7, 11) is 0. The molecule has 2 aromatic carbocycles. The molecule has 0 saturated carbocycles. The van der Waals surface area contributed by atoms with Gasteiger partial charge < -0.3 is 14.6 Å². The van der Waals surface area contributed by atoms with Crippen LogP contribution in [-0.4, -0.2) is 27.3 Å². The van der Waals surface area contributed by atoms with Gasteiger partial charge in [-0.25, -0.2) is 4.98 Å². The summed E-state index contributed by atoms with van der Waals surface area (Å²) in [6.07, 6.45) is 1.34. The molecular formula is C20H18ClN3O2S. The van der Waals surface area contributed by atoms with Crippen LogP contribution in [0.3, 0.4) is 0 Å². The third-order valence-corrected chi connectivity index (χ3v) is 5.56. The monoisotopic (exact) mass is 399 g/mol. The second-order valence-electron chi connectivity index (χ2n) is 6.18. The molecule has 1 amide bonds. The van der Waals surface area contributed by atoms with Crippen molar-refractivity contribution in [1.29, 1.82) is 0 Å². The quantitative estimate of drug-likeness (QED) is 0.674. The summed E-state index contributed by atoms with van der Waals surface area (Å²) in [6.45, 7) is 2.66. The van der Waals surface area contributed by atoms with Gasteiger partial charge in [0.15, 0.2) is 11.3 Å². The number of hydrogen-bond donors (Lipinski definition) is 1. The third kappa shape index (κ3) is 3.82. The van der Waals surface area contributed by atoms with Gasteiger partial charge in [-0.2, -0.15) is 0 Å². The van der Waals surface area contributed by atoms with E-state index < -0.39 is 6.10 Å². The lowest BCUT2D eigenvalue weighted by atomic mass is 10.1. The van der Waals surface area contributed by atoms with E-state index in [2.05, 4.69) is 14.9 Å². The Morgan fingerprint density at radius 3 is 2.85 bits per heavy atom. The Hall–Kier alpha value is -2.44. The van der Waals surface area contributed by atoms with Crippen LogP contribution in [-0.2, 0) is 11.3 Å². The predicted octanol–water partition coefficient (Wildman–Crippen LogP) is 4.72. The number of carbonyl (C=O) groups is 1. The van der Waals surface area contributed by atoms with E-state index in [0.717, 1.165) is 28.7 Å². The zero-order valence-corrected chi connectivity index (χ0v) is 16.3. The van der Waals surface area contributed by atoms with Crippen molar-refractivity contribution in [1.82, 2.24) is 9.55 Å². The number of aryl methyl sites for hydroxylation is 1. The smallest absolute Gasteiger partial charge is 0.265 e. The number of hydrogen-bond acceptors (Lipinski definition) is 4. The number of ether oxygens (including phenoxy) is 1. The number of anilines is 1. The molecule has 3 aromatic rings. The van der Waals surface area contributed by atoms with E-state index >= 15 is 0 Å². The molecule has 4 rings (SSSR count). The van der Waals surface area contributed by atoms with Crippen molar-refractivity contribution < 1.29 is 9.53 Å². The molecule has 1 aliphatic heterocycles. The highest BCUT2D eigenvalue weighted by atomic mass is 35.5. The Balaban J connectivity index is 1.52. The minimum absolute atomic E-state index is 0.247. The van der Waals surface area contributed by atoms with Crippen molar-refractivity contribution in [2.24, 2.45) is 0 Å². The Morgan fingerprint density at radius 2 is 2.04 bits per heavy atom. The molecule has 0 radical (unpaired) electrons. The van der Waals surface area contributed by atoms with Gasteiger partial charge >= 0.3 is 0 Å². The van der Waals surface area contributed by atoms with Gasteiger partial charge in [-0.1, -0.05) is 53.7 Å². The number of benzene rings is 2. The van der Waals surface area contributed by atoms with Crippen LogP contribution in [0.25, 0.3) is 11.3 Å². The van der Waals surface area contributed by atoms with Crippen molar-refractivity contribution in [2.45, 2.75) is 24.7 Å². The van der Waals surface area contributed by atoms with Crippen molar-refractivity contribution in [3.8, 4) is 17.0 Å². The number of para-hydroxylation sites is 2. The van der Waals surface area contributed by atoms with Gasteiger partial charge in [0.05, 0.1) is 16.4 Å². The van der Waals surface area contributed by atoms with Gasteiger partial charge in [-0.05, 0) is 25.1 Å². The lowest BCUT2D eigenvalue weighted by Crippen LogP contribution is -2.30. The highest BCUT2D eigenvalue weighted by Crippen LogP contribution is 2.32. The SMILES string of the molecule is CC(Oc1ccccc1Cl)C(=O)Nc1ccccc1-c1cn2c(n1)SCC2. The second-order valence-corrected chi connectivity index (χ2v) is 7.65. The van der Waals surface area contributed by atoms with Gasteiger partial charge in [0, 0.05) is 24.1 Å². The summed E-state index contributed by atoms with van der Waals surface area (Å²) in [5.74, 6) is 1.29. The lowest BCUT2D eigenvalue weighted by Gasteiger charge is -2.16. The molecule has 1 atom stereocenters. The van der Waals surface area contributed by atoms with Crippen molar-refractivity contribution in [3.63, 3.8) is 0 Å². The number of amides is 1. The van der Waals surface area contributed by atoms with Crippen LogP contribution in [0, 0.1) is 0 Å². The first-order chi connectivity index (χ1) is 13.1. The molecule has 1 aromatic heterocycles. The third-order valence-electron chi connectivity index (χ3n) is 4.27. The van der Waals surface area contributed by atoms with Crippen LogP contribution >= 0.6 is 23.4 Å². The van der Waals surface area contributed by atoms with Crippen LogP contribution < -0.4 is 10.1 Å². The number of carbonyl (C=O) groups excluding carboxylic acids is 1. The fourth-order valence-electron chi connectivity index (χ4n) is 2.87. The number of thioether (sulfide) groups is 1. The summed E-state index contributed by atoms with van der Waals surface area (Å²) >= 11 is 7.85. The number of halogens is 1. The standard InChI is InChI=1S/C20H18ClN3O2S/c1-13(26-18-9-5-3-7-15(18)21)19(25)22-16-8-4-2-6-14(16)17-12-24-10-11-27-20(24)23-17/h2-9,12-13H,10-11H2,1H3,(H,22,25). The van der Waals surface area contributed by atoms with Gasteiger partial charge in [0.1, 0.15) is 5.75 Å². The molecule has 1 N–H and O–H groups in total. The number of nitrogens with one attached hydrogen (secondary N) is 1. The van der Waals surface area contributed by atoms with Gasteiger partial charge in [-0.3, -0.25) is 4.79 Å². The minimum atomic E-state index is -0.694. The molecule has 1 aliphatic rings. The summed E-state index contributed by atoms with van der Waals surface area (Å²) in [4.78, 5) is 17.3. The van der Waals surface area contributed by atoms with Crippen LogP contribution in [0.2, 0.25) is 5.02 Å². The number of fused-ring (bicyclic) bond motifs is 1. The molecular weight excluding hydrogens is 382 g/mol. The Kier molecular flexibility index (Phi) is 5.09. The molecule has 0 saturated heterocycles. The molecule has 2 heterocycles. The average molecular weight is 400 g/mol. The van der Waals surface area contributed by atoms with E-state index in [-0.39, 0.29) is 5.91 Å². The molecule has 0 aliphatic carbocycles. The van der Waals surface area contributed by atoms with E-state index in [0.29, 0.717) is 16.5 Å². The summed E-state index contributed by atoms with van der Waals surface area (Å²) < 4.78 is 7.85. The molecule has 138 valence electrons. The average Bonchev–Trinajstić information content (AvgIpc) is 3.26. The normalized spacial score (nSPS) is 13.9. The van der Waals surface area contributed by atoms with E-state index in [1.165, 1.54) is 0 Å². The van der Waals surface area contributed by atoms with Gasteiger partial charge in [0.2, 0.25) is 0 Å². The molecule has 0 bridgehead atoms. The topological polar surface area (TPSA) is 56.1 Å². The number of aromatic nitrogens is 2. The summed E-state index contributed by atoms with van der Waals surface area (Å²) in [5.41, 5.74) is 2.45. The second kappa shape index (κ2) is 7.66. The first kappa shape index (κ1) is 17.9. The first-order valence-electron chi connectivity index (χ1n) is 8.63. The predicted molar refractivity (Wildman–Crippen MR) is 109 cm³/mol. The zero-order valence-electron chi connectivity index (χ0n) is 14.7. The highest BCUT2D eigenvalue weighted by molar-refractivity contribution is 7.99. The van der Waals surface area contributed by atoms with E-state index in [9.17, 15) is 4.79 Å². The molecule has 0 spiro atoms. The largest absolute Gasteiger partial charge is 0.479 e. The summed E-state index contributed by atoms with van der Waals surface area (Å²) in [5, 5.41) is 4.44. The highest BCUT2D eigenvalue weighted by Gasteiger charge is 2.20. The van der Waals surface area contributed by atoms with Gasteiger partial charge in [-0.15, -0.1) is 0 Å². The Labute approximate surface area is 166 Å². The lowest BCUT2D eigenvalue weighted by molar-refractivity contribution is -0.122. The van der Waals surface area contributed by atoms with Crippen molar-refractivity contribution in [2.75, 3.05) is 11.1 Å². The first-order valence-corrected chi connectivity index (χ1v) is 9.99. The zero-order chi connectivity index (χ0) is 18.8. The maximum atomic E-state index is 12.6.